The van der Waals surface area contributed by atoms with Gasteiger partial charge in [0.05, 0.1) is 7.11 Å². The summed E-state index contributed by atoms with van der Waals surface area (Å²) in [6.45, 7) is 3.54. The Morgan fingerprint density at radius 1 is 1.35 bits per heavy atom. The minimum absolute atomic E-state index is 0.335. The predicted octanol–water partition coefficient (Wildman–Crippen LogP) is 1.91. The van der Waals surface area contributed by atoms with Gasteiger partial charge in [-0.05, 0) is 24.2 Å². The summed E-state index contributed by atoms with van der Waals surface area (Å²) in [5.74, 6) is 0.682. The van der Waals surface area contributed by atoms with Crippen LogP contribution >= 0.6 is 0 Å². The van der Waals surface area contributed by atoms with E-state index in [1.54, 1.807) is 13.2 Å². The third-order valence-corrected chi connectivity index (χ3v) is 2.60. The number of methoxy groups -OCH3 is 1. The second-order valence-electron chi connectivity index (χ2n) is 3.73. The minimum atomic E-state index is -0.335. The zero-order valence-corrected chi connectivity index (χ0v) is 9.95. The summed E-state index contributed by atoms with van der Waals surface area (Å²) in [5.41, 5.74) is 1.17. The lowest BCUT2D eigenvalue weighted by molar-refractivity contribution is 0.414. The second-order valence-corrected chi connectivity index (χ2v) is 3.73. The lowest BCUT2D eigenvalue weighted by Gasteiger charge is -2.07. The molecule has 2 aromatic rings. The van der Waals surface area contributed by atoms with Gasteiger partial charge in [-0.1, -0.05) is 6.92 Å². The molecule has 1 heterocycles. The number of hydrogen-bond donors (Lipinski definition) is 1. The number of fused-ring (bicyclic) bond motifs is 1. The molecular formula is C13H15NO3. The molecule has 0 aliphatic rings. The van der Waals surface area contributed by atoms with Gasteiger partial charge in [0, 0.05) is 24.1 Å². The van der Waals surface area contributed by atoms with E-state index in [4.69, 9.17) is 9.15 Å². The molecule has 0 bridgehead atoms. The SMILES string of the molecule is CCNCc1cc(=O)oc2cc(OC)ccc12. The zero-order valence-electron chi connectivity index (χ0n) is 9.95. The summed E-state index contributed by atoms with van der Waals surface area (Å²) in [6, 6.07) is 7.02. The average molecular weight is 233 g/mol. The van der Waals surface area contributed by atoms with Crippen molar-refractivity contribution in [1.82, 2.24) is 5.32 Å². The Morgan fingerprint density at radius 2 is 2.18 bits per heavy atom. The molecule has 0 amide bonds. The van der Waals surface area contributed by atoms with E-state index in [9.17, 15) is 4.79 Å². The molecule has 1 aromatic carbocycles. The van der Waals surface area contributed by atoms with Crippen LogP contribution in [0.5, 0.6) is 5.75 Å². The largest absolute Gasteiger partial charge is 0.497 e. The molecule has 17 heavy (non-hydrogen) atoms. The third kappa shape index (κ3) is 2.47. The van der Waals surface area contributed by atoms with E-state index in [-0.39, 0.29) is 5.63 Å². The number of rotatable bonds is 4. The standard InChI is InChI=1S/C13H15NO3/c1-3-14-8-9-6-13(15)17-12-7-10(16-2)4-5-11(9)12/h4-7,14H,3,8H2,1-2H3. The van der Waals surface area contributed by atoms with E-state index in [0.717, 1.165) is 17.5 Å². The molecule has 4 heteroatoms. The van der Waals surface area contributed by atoms with Crippen molar-refractivity contribution in [3.8, 4) is 5.75 Å². The second kappa shape index (κ2) is 5.01. The molecule has 2 rings (SSSR count). The van der Waals surface area contributed by atoms with Crippen molar-refractivity contribution >= 4 is 11.0 Å². The fourth-order valence-electron chi connectivity index (χ4n) is 1.74. The Balaban J connectivity index is 2.55. The van der Waals surface area contributed by atoms with Crippen LogP contribution in [0.1, 0.15) is 12.5 Å². The van der Waals surface area contributed by atoms with E-state index in [2.05, 4.69) is 5.32 Å². The van der Waals surface area contributed by atoms with Gasteiger partial charge >= 0.3 is 5.63 Å². The summed E-state index contributed by atoms with van der Waals surface area (Å²) in [5, 5.41) is 4.14. The Kier molecular flexibility index (Phi) is 3.44. The highest BCUT2D eigenvalue weighted by atomic mass is 16.5. The number of ether oxygens (including phenoxy) is 1. The van der Waals surface area contributed by atoms with Gasteiger partial charge in [-0.15, -0.1) is 0 Å². The fourth-order valence-corrected chi connectivity index (χ4v) is 1.74. The molecule has 1 aromatic heterocycles. The van der Waals surface area contributed by atoms with Crippen LogP contribution < -0.4 is 15.7 Å². The van der Waals surface area contributed by atoms with Gasteiger partial charge in [0.15, 0.2) is 0 Å². The highest BCUT2D eigenvalue weighted by molar-refractivity contribution is 5.81. The van der Waals surface area contributed by atoms with Crippen LogP contribution in [0.3, 0.4) is 0 Å². The molecule has 0 aliphatic heterocycles. The maximum absolute atomic E-state index is 11.4. The first-order chi connectivity index (χ1) is 8.24. The van der Waals surface area contributed by atoms with Gasteiger partial charge < -0.3 is 14.5 Å². The Bertz CT molecular complexity index is 574. The molecule has 0 saturated carbocycles. The lowest BCUT2D eigenvalue weighted by atomic mass is 10.1. The van der Waals surface area contributed by atoms with Crippen molar-refractivity contribution < 1.29 is 9.15 Å². The van der Waals surface area contributed by atoms with Gasteiger partial charge in [-0.2, -0.15) is 0 Å². The number of nitrogens with one attached hydrogen (secondary N) is 1. The maximum atomic E-state index is 11.4. The van der Waals surface area contributed by atoms with E-state index < -0.39 is 0 Å². The molecule has 0 atom stereocenters. The summed E-state index contributed by atoms with van der Waals surface area (Å²) in [4.78, 5) is 11.4. The van der Waals surface area contributed by atoms with E-state index >= 15 is 0 Å². The molecule has 0 unspecified atom stereocenters. The fraction of sp³-hybridized carbons (Fsp3) is 0.308. The monoisotopic (exact) mass is 233 g/mol. The van der Waals surface area contributed by atoms with Crippen LogP contribution in [-0.2, 0) is 6.54 Å². The highest BCUT2D eigenvalue weighted by Gasteiger charge is 2.06. The summed E-state index contributed by atoms with van der Waals surface area (Å²) >= 11 is 0. The van der Waals surface area contributed by atoms with Crippen LogP contribution in [0.25, 0.3) is 11.0 Å². The zero-order chi connectivity index (χ0) is 12.3. The molecule has 4 nitrogen and oxygen atoms in total. The highest BCUT2D eigenvalue weighted by Crippen LogP contribution is 2.22. The Labute approximate surface area is 99.2 Å². The summed E-state index contributed by atoms with van der Waals surface area (Å²) in [7, 11) is 1.59. The molecule has 0 fully saturated rings. The van der Waals surface area contributed by atoms with Gasteiger partial charge in [-0.3, -0.25) is 0 Å². The number of benzene rings is 1. The van der Waals surface area contributed by atoms with Crippen molar-refractivity contribution in [3.63, 3.8) is 0 Å². The summed E-state index contributed by atoms with van der Waals surface area (Å²) in [6.07, 6.45) is 0. The predicted molar refractivity (Wildman–Crippen MR) is 66.4 cm³/mol. The minimum Gasteiger partial charge on any atom is -0.497 e. The topological polar surface area (TPSA) is 51.5 Å². The first kappa shape index (κ1) is 11.7. The van der Waals surface area contributed by atoms with Crippen molar-refractivity contribution in [2.75, 3.05) is 13.7 Å². The molecule has 0 aliphatic carbocycles. The normalized spacial score (nSPS) is 10.7. The lowest BCUT2D eigenvalue weighted by Crippen LogP contribution is -2.14. The van der Waals surface area contributed by atoms with Crippen molar-refractivity contribution in [2.24, 2.45) is 0 Å². The van der Waals surface area contributed by atoms with Crippen molar-refractivity contribution in [2.45, 2.75) is 13.5 Å². The first-order valence-electron chi connectivity index (χ1n) is 5.56. The molecule has 90 valence electrons. The van der Waals surface area contributed by atoms with E-state index in [0.29, 0.717) is 17.9 Å². The molecule has 0 spiro atoms. The molecule has 0 radical (unpaired) electrons. The molecule has 0 saturated heterocycles. The van der Waals surface area contributed by atoms with Crippen molar-refractivity contribution in [3.05, 3.63) is 40.2 Å². The summed E-state index contributed by atoms with van der Waals surface area (Å²) < 4.78 is 10.3. The van der Waals surface area contributed by atoms with Crippen LogP contribution in [-0.4, -0.2) is 13.7 Å². The first-order valence-corrected chi connectivity index (χ1v) is 5.56. The van der Waals surface area contributed by atoms with Gasteiger partial charge in [0.1, 0.15) is 11.3 Å². The molecular weight excluding hydrogens is 218 g/mol. The maximum Gasteiger partial charge on any atom is 0.336 e. The van der Waals surface area contributed by atoms with Crippen LogP contribution in [0, 0.1) is 0 Å². The van der Waals surface area contributed by atoms with Gasteiger partial charge in [-0.25, -0.2) is 4.79 Å². The smallest absolute Gasteiger partial charge is 0.336 e. The van der Waals surface area contributed by atoms with Gasteiger partial charge in [0.25, 0.3) is 0 Å². The average Bonchev–Trinajstić information content (AvgIpc) is 2.34. The number of hydrogen-bond acceptors (Lipinski definition) is 4. The van der Waals surface area contributed by atoms with Crippen molar-refractivity contribution in [1.29, 1.82) is 0 Å². The Hall–Kier alpha value is -1.81. The van der Waals surface area contributed by atoms with Crippen LogP contribution in [0.4, 0.5) is 0 Å². The molecule has 1 N–H and O–H groups in total. The van der Waals surface area contributed by atoms with E-state index in [1.807, 2.05) is 19.1 Å². The van der Waals surface area contributed by atoms with Crippen LogP contribution in [0.2, 0.25) is 0 Å². The van der Waals surface area contributed by atoms with E-state index in [1.165, 1.54) is 6.07 Å². The van der Waals surface area contributed by atoms with Crippen LogP contribution in [0.15, 0.2) is 33.5 Å². The quantitative estimate of drug-likeness (QED) is 0.819. The third-order valence-electron chi connectivity index (χ3n) is 2.60. The van der Waals surface area contributed by atoms with Gasteiger partial charge in [0.2, 0.25) is 0 Å². The Morgan fingerprint density at radius 3 is 2.88 bits per heavy atom.